The second-order valence-corrected chi connectivity index (χ2v) is 5.81. The Morgan fingerprint density at radius 3 is 2.42 bits per heavy atom. The van der Waals surface area contributed by atoms with E-state index in [9.17, 15) is 0 Å². The van der Waals surface area contributed by atoms with E-state index in [1.165, 1.54) is 11.3 Å². The first-order valence-electron chi connectivity index (χ1n) is 7.40. The molecule has 0 bridgehead atoms. The number of rotatable bonds is 3. The molecule has 1 saturated heterocycles. The van der Waals surface area contributed by atoms with Gasteiger partial charge < -0.3 is 10.6 Å². The van der Waals surface area contributed by atoms with Crippen molar-refractivity contribution in [2.24, 2.45) is 5.73 Å². The molecule has 0 spiro atoms. The van der Waals surface area contributed by atoms with Crippen molar-refractivity contribution in [3.63, 3.8) is 0 Å². The van der Waals surface area contributed by atoms with Crippen molar-refractivity contribution < 1.29 is 0 Å². The molecule has 1 aliphatic rings. The van der Waals surface area contributed by atoms with Crippen LogP contribution >= 0.6 is 0 Å². The number of nitrogens with zero attached hydrogens (tertiary/aromatic N) is 3. The normalized spacial score (nSPS) is 17.3. The van der Waals surface area contributed by atoms with Gasteiger partial charge in [-0.25, -0.2) is 9.97 Å². The smallest absolute Gasteiger partial charge is 0.135 e. The maximum Gasteiger partial charge on any atom is 0.135 e. The molecule has 1 fully saturated rings. The van der Waals surface area contributed by atoms with Gasteiger partial charge in [-0.1, -0.05) is 20.8 Å². The highest BCUT2D eigenvalue weighted by Gasteiger charge is 2.21. The fourth-order valence-electron chi connectivity index (χ4n) is 2.59. The zero-order chi connectivity index (χ0) is 14.0. The van der Waals surface area contributed by atoms with E-state index in [4.69, 9.17) is 15.7 Å². The Bertz CT molecular complexity index is 434. The molecule has 2 rings (SSSR count). The van der Waals surface area contributed by atoms with Gasteiger partial charge >= 0.3 is 0 Å². The Morgan fingerprint density at radius 1 is 1.26 bits per heavy atom. The van der Waals surface area contributed by atoms with Crippen LogP contribution < -0.4 is 10.6 Å². The number of aromatic nitrogens is 2. The topological polar surface area (TPSA) is 55.0 Å². The molecular weight excluding hydrogens is 236 g/mol. The van der Waals surface area contributed by atoms with E-state index in [2.05, 4.69) is 32.6 Å². The predicted octanol–water partition coefficient (Wildman–Crippen LogP) is 2.40. The summed E-state index contributed by atoms with van der Waals surface area (Å²) < 4.78 is 0. The first-order valence-corrected chi connectivity index (χ1v) is 7.40. The molecule has 0 aromatic carbocycles. The van der Waals surface area contributed by atoms with E-state index in [0.717, 1.165) is 44.0 Å². The molecular formula is C15H26N4. The number of hydrogen-bond donors (Lipinski definition) is 1. The number of nitrogens with two attached hydrogens (primary N) is 1. The highest BCUT2D eigenvalue weighted by molar-refractivity contribution is 5.49. The van der Waals surface area contributed by atoms with Crippen LogP contribution in [0, 0.1) is 6.92 Å². The maximum absolute atomic E-state index is 5.99. The van der Waals surface area contributed by atoms with Gasteiger partial charge in [0.25, 0.3) is 0 Å². The summed E-state index contributed by atoms with van der Waals surface area (Å²) >= 11 is 0. The molecule has 1 aliphatic heterocycles. The first-order chi connectivity index (χ1) is 9.02. The van der Waals surface area contributed by atoms with Gasteiger partial charge in [0, 0.05) is 36.3 Å². The van der Waals surface area contributed by atoms with Crippen molar-refractivity contribution in [1.82, 2.24) is 9.97 Å². The monoisotopic (exact) mass is 262 g/mol. The van der Waals surface area contributed by atoms with Crippen molar-refractivity contribution >= 4 is 5.82 Å². The summed E-state index contributed by atoms with van der Waals surface area (Å²) in [7, 11) is 0. The van der Waals surface area contributed by atoms with Crippen molar-refractivity contribution in [1.29, 1.82) is 0 Å². The van der Waals surface area contributed by atoms with Crippen LogP contribution in [-0.2, 0) is 6.42 Å². The van der Waals surface area contributed by atoms with E-state index in [1.54, 1.807) is 0 Å². The fourth-order valence-corrected chi connectivity index (χ4v) is 2.59. The SMILES string of the molecule is CCc1nc(C(C)C)nc(N2CCC(N)CC2)c1C. The van der Waals surface area contributed by atoms with Crippen LogP contribution in [0.25, 0.3) is 0 Å². The Morgan fingerprint density at radius 2 is 1.89 bits per heavy atom. The van der Waals surface area contributed by atoms with Crippen LogP contribution in [0.2, 0.25) is 0 Å². The van der Waals surface area contributed by atoms with Gasteiger partial charge in [0.05, 0.1) is 0 Å². The van der Waals surface area contributed by atoms with E-state index in [0.29, 0.717) is 12.0 Å². The second-order valence-electron chi connectivity index (χ2n) is 5.81. The van der Waals surface area contributed by atoms with Crippen LogP contribution in [0.15, 0.2) is 0 Å². The molecule has 0 unspecified atom stereocenters. The molecule has 19 heavy (non-hydrogen) atoms. The highest BCUT2D eigenvalue weighted by atomic mass is 15.2. The van der Waals surface area contributed by atoms with Crippen LogP contribution in [-0.4, -0.2) is 29.1 Å². The lowest BCUT2D eigenvalue weighted by molar-refractivity contribution is 0.496. The minimum Gasteiger partial charge on any atom is -0.356 e. The Hall–Kier alpha value is -1.16. The van der Waals surface area contributed by atoms with Gasteiger partial charge in [-0.15, -0.1) is 0 Å². The Labute approximate surface area is 116 Å². The first kappa shape index (κ1) is 14.3. The summed E-state index contributed by atoms with van der Waals surface area (Å²) in [5, 5.41) is 0. The molecule has 4 nitrogen and oxygen atoms in total. The lowest BCUT2D eigenvalue weighted by atomic mass is 10.0. The molecule has 4 heteroatoms. The summed E-state index contributed by atoms with van der Waals surface area (Å²) in [6, 6.07) is 0.355. The van der Waals surface area contributed by atoms with Gasteiger partial charge in [-0.05, 0) is 26.2 Å². The van der Waals surface area contributed by atoms with Crippen molar-refractivity contribution in [2.75, 3.05) is 18.0 Å². The third-order valence-corrected chi connectivity index (χ3v) is 3.93. The average Bonchev–Trinajstić information content (AvgIpc) is 2.40. The second kappa shape index (κ2) is 5.87. The van der Waals surface area contributed by atoms with Crippen LogP contribution in [0.1, 0.15) is 56.6 Å². The molecule has 106 valence electrons. The lowest BCUT2D eigenvalue weighted by Gasteiger charge is -2.32. The van der Waals surface area contributed by atoms with Crippen molar-refractivity contribution in [3.05, 3.63) is 17.1 Å². The molecule has 0 atom stereocenters. The van der Waals surface area contributed by atoms with Crippen molar-refractivity contribution in [3.8, 4) is 0 Å². The molecule has 0 amide bonds. The fraction of sp³-hybridized carbons (Fsp3) is 0.733. The van der Waals surface area contributed by atoms with E-state index in [-0.39, 0.29) is 0 Å². The summed E-state index contributed by atoms with van der Waals surface area (Å²) in [5.74, 6) is 2.46. The molecule has 0 radical (unpaired) electrons. The van der Waals surface area contributed by atoms with Gasteiger partial charge in [-0.2, -0.15) is 0 Å². The van der Waals surface area contributed by atoms with Gasteiger partial charge in [0.2, 0.25) is 0 Å². The predicted molar refractivity (Wildman–Crippen MR) is 79.7 cm³/mol. The minimum atomic E-state index is 0.355. The zero-order valence-corrected chi connectivity index (χ0v) is 12.6. The van der Waals surface area contributed by atoms with E-state index >= 15 is 0 Å². The van der Waals surface area contributed by atoms with Crippen LogP contribution in [0.5, 0.6) is 0 Å². The Balaban J connectivity index is 2.35. The quantitative estimate of drug-likeness (QED) is 0.909. The van der Waals surface area contributed by atoms with Gasteiger partial charge in [0.15, 0.2) is 0 Å². The number of anilines is 1. The van der Waals surface area contributed by atoms with Crippen molar-refractivity contribution in [2.45, 2.75) is 58.9 Å². The largest absolute Gasteiger partial charge is 0.356 e. The van der Waals surface area contributed by atoms with E-state index in [1.807, 2.05) is 0 Å². The van der Waals surface area contributed by atoms with Crippen LogP contribution in [0.3, 0.4) is 0 Å². The van der Waals surface area contributed by atoms with Crippen LogP contribution in [0.4, 0.5) is 5.82 Å². The lowest BCUT2D eigenvalue weighted by Crippen LogP contribution is -2.40. The summed E-state index contributed by atoms with van der Waals surface area (Å²) in [4.78, 5) is 11.9. The minimum absolute atomic E-state index is 0.355. The summed E-state index contributed by atoms with van der Waals surface area (Å²) in [6.45, 7) is 10.6. The van der Waals surface area contributed by atoms with Gasteiger partial charge in [-0.3, -0.25) is 0 Å². The highest BCUT2D eigenvalue weighted by Crippen LogP contribution is 2.25. The Kier molecular flexibility index (Phi) is 4.40. The molecule has 1 aromatic rings. The molecule has 2 heterocycles. The summed E-state index contributed by atoms with van der Waals surface area (Å²) in [6.07, 6.45) is 3.08. The van der Waals surface area contributed by atoms with Gasteiger partial charge in [0.1, 0.15) is 11.6 Å². The summed E-state index contributed by atoms with van der Waals surface area (Å²) in [5.41, 5.74) is 8.41. The van der Waals surface area contributed by atoms with E-state index < -0.39 is 0 Å². The zero-order valence-electron chi connectivity index (χ0n) is 12.6. The number of hydrogen-bond acceptors (Lipinski definition) is 4. The standard InChI is InChI=1S/C15H26N4/c1-5-13-11(4)15(18-14(17-13)10(2)3)19-8-6-12(16)7-9-19/h10,12H,5-9,16H2,1-4H3. The number of aryl methyl sites for hydroxylation is 1. The molecule has 0 aliphatic carbocycles. The molecule has 1 aromatic heterocycles. The average molecular weight is 262 g/mol. The molecule has 2 N–H and O–H groups in total. The number of piperidine rings is 1. The third kappa shape index (κ3) is 3.06. The third-order valence-electron chi connectivity index (χ3n) is 3.93. The maximum atomic E-state index is 5.99. The molecule has 0 saturated carbocycles.